The monoisotopic (exact) mass is 282 g/mol. The van der Waals surface area contributed by atoms with Crippen molar-refractivity contribution >= 4 is 10.9 Å². The SMILES string of the molecule is CCCNC(CC(F)(F)F)c1cnc2ccccc2c1. The van der Waals surface area contributed by atoms with Crippen LogP contribution in [0.5, 0.6) is 0 Å². The molecule has 0 aliphatic rings. The van der Waals surface area contributed by atoms with Gasteiger partial charge in [0, 0.05) is 17.6 Å². The van der Waals surface area contributed by atoms with Gasteiger partial charge in [0.2, 0.25) is 0 Å². The van der Waals surface area contributed by atoms with Gasteiger partial charge in [-0.25, -0.2) is 0 Å². The van der Waals surface area contributed by atoms with Gasteiger partial charge < -0.3 is 5.32 Å². The van der Waals surface area contributed by atoms with E-state index in [-0.39, 0.29) is 0 Å². The summed E-state index contributed by atoms with van der Waals surface area (Å²) in [4.78, 5) is 4.23. The van der Waals surface area contributed by atoms with Gasteiger partial charge >= 0.3 is 6.18 Å². The minimum Gasteiger partial charge on any atom is -0.310 e. The molecule has 5 heteroatoms. The first kappa shape index (κ1) is 14.8. The van der Waals surface area contributed by atoms with Crippen molar-refractivity contribution < 1.29 is 13.2 Å². The van der Waals surface area contributed by atoms with Crippen LogP contribution in [0.4, 0.5) is 13.2 Å². The fourth-order valence-corrected chi connectivity index (χ4v) is 2.14. The van der Waals surface area contributed by atoms with Crippen molar-refractivity contribution in [3.05, 3.63) is 42.1 Å². The summed E-state index contributed by atoms with van der Waals surface area (Å²) in [6.45, 7) is 2.48. The third kappa shape index (κ3) is 3.93. The average molecular weight is 282 g/mol. The predicted molar refractivity (Wildman–Crippen MR) is 73.4 cm³/mol. The normalized spacial score (nSPS) is 13.6. The smallest absolute Gasteiger partial charge is 0.310 e. The lowest BCUT2D eigenvalue weighted by molar-refractivity contribution is -0.140. The maximum atomic E-state index is 12.7. The van der Waals surface area contributed by atoms with E-state index < -0.39 is 18.6 Å². The Morgan fingerprint density at radius 3 is 2.70 bits per heavy atom. The summed E-state index contributed by atoms with van der Waals surface area (Å²) in [5.74, 6) is 0. The number of rotatable bonds is 5. The van der Waals surface area contributed by atoms with Crippen LogP contribution in [0, 0.1) is 0 Å². The van der Waals surface area contributed by atoms with Crippen molar-refractivity contribution in [2.75, 3.05) is 6.54 Å². The van der Waals surface area contributed by atoms with E-state index in [1.807, 2.05) is 31.2 Å². The third-order valence-electron chi connectivity index (χ3n) is 3.09. The van der Waals surface area contributed by atoms with Crippen LogP contribution in [0.2, 0.25) is 0 Å². The molecule has 0 saturated heterocycles. The lowest BCUT2D eigenvalue weighted by Gasteiger charge is -2.20. The summed E-state index contributed by atoms with van der Waals surface area (Å²) >= 11 is 0. The maximum Gasteiger partial charge on any atom is 0.390 e. The van der Waals surface area contributed by atoms with Crippen molar-refractivity contribution in [2.45, 2.75) is 32.0 Å². The van der Waals surface area contributed by atoms with Gasteiger partial charge in [-0.15, -0.1) is 0 Å². The summed E-state index contributed by atoms with van der Waals surface area (Å²) in [6.07, 6.45) is -2.76. The van der Waals surface area contributed by atoms with Crippen LogP contribution >= 0.6 is 0 Å². The second-order valence-electron chi connectivity index (χ2n) is 4.79. The summed E-state index contributed by atoms with van der Waals surface area (Å²) < 4.78 is 38.0. The quantitative estimate of drug-likeness (QED) is 0.887. The molecule has 108 valence electrons. The Hall–Kier alpha value is -1.62. The van der Waals surface area contributed by atoms with Crippen LogP contribution in [0.3, 0.4) is 0 Å². The molecule has 20 heavy (non-hydrogen) atoms. The Kier molecular flexibility index (Phi) is 4.60. The molecule has 1 aromatic heterocycles. The topological polar surface area (TPSA) is 24.9 Å². The Labute approximate surface area is 116 Å². The number of benzene rings is 1. The van der Waals surface area contributed by atoms with Gasteiger partial charge in [-0.1, -0.05) is 25.1 Å². The van der Waals surface area contributed by atoms with Gasteiger partial charge in [0.25, 0.3) is 0 Å². The average Bonchev–Trinajstić information content (AvgIpc) is 2.41. The predicted octanol–water partition coefficient (Wildman–Crippen LogP) is 4.23. The van der Waals surface area contributed by atoms with Crippen molar-refractivity contribution in [3.8, 4) is 0 Å². The first-order valence-corrected chi connectivity index (χ1v) is 6.64. The molecule has 0 saturated carbocycles. The van der Waals surface area contributed by atoms with E-state index >= 15 is 0 Å². The van der Waals surface area contributed by atoms with Crippen molar-refractivity contribution in [2.24, 2.45) is 0 Å². The van der Waals surface area contributed by atoms with E-state index in [0.29, 0.717) is 12.1 Å². The molecule has 2 nitrogen and oxygen atoms in total. The molecule has 0 aliphatic carbocycles. The molecule has 2 rings (SSSR count). The minimum absolute atomic E-state index is 0.549. The summed E-state index contributed by atoms with van der Waals surface area (Å²) in [5, 5.41) is 3.80. The highest BCUT2D eigenvalue weighted by Gasteiger charge is 2.32. The maximum absolute atomic E-state index is 12.7. The van der Waals surface area contributed by atoms with Crippen LogP contribution in [0.15, 0.2) is 36.5 Å². The van der Waals surface area contributed by atoms with Gasteiger partial charge in [-0.3, -0.25) is 4.98 Å². The van der Waals surface area contributed by atoms with Gasteiger partial charge in [0.05, 0.1) is 11.9 Å². The van der Waals surface area contributed by atoms with Gasteiger partial charge in [0.15, 0.2) is 0 Å². The lowest BCUT2D eigenvalue weighted by atomic mass is 10.0. The van der Waals surface area contributed by atoms with E-state index in [0.717, 1.165) is 17.3 Å². The number of hydrogen-bond acceptors (Lipinski definition) is 2. The number of para-hydroxylation sites is 1. The molecule has 1 unspecified atom stereocenters. The zero-order valence-corrected chi connectivity index (χ0v) is 11.2. The Morgan fingerprint density at radius 1 is 1.25 bits per heavy atom. The molecule has 0 radical (unpaired) electrons. The van der Waals surface area contributed by atoms with Crippen LogP contribution in [0.1, 0.15) is 31.4 Å². The van der Waals surface area contributed by atoms with Crippen molar-refractivity contribution in [1.29, 1.82) is 0 Å². The molecule has 1 N–H and O–H groups in total. The minimum atomic E-state index is -4.20. The lowest BCUT2D eigenvalue weighted by Crippen LogP contribution is -2.27. The second-order valence-corrected chi connectivity index (χ2v) is 4.79. The van der Waals surface area contributed by atoms with Crippen LogP contribution in [-0.4, -0.2) is 17.7 Å². The molecular weight excluding hydrogens is 265 g/mol. The number of fused-ring (bicyclic) bond motifs is 1. The number of halogens is 3. The third-order valence-corrected chi connectivity index (χ3v) is 3.09. The zero-order valence-electron chi connectivity index (χ0n) is 11.2. The molecule has 1 atom stereocenters. The fourth-order valence-electron chi connectivity index (χ4n) is 2.14. The first-order chi connectivity index (χ1) is 9.49. The molecule has 2 aromatic rings. The van der Waals surface area contributed by atoms with Gasteiger partial charge in [-0.2, -0.15) is 13.2 Å². The number of pyridine rings is 1. The van der Waals surface area contributed by atoms with Crippen LogP contribution < -0.4 is 5.32 Å². The van der Waals surface area contributed by atoms with E-state index in [1.165, 1.54) is 6.20 Å². The molecule has 0 aliphatic heterocycles. The Bertz CT molecular complexity index is 566. The van der Waals surface area contributed by atoms with E-state index in [2.05, 4.69) is 10.3 Å². The number of nitrogens with one attached hydrogen (secondary N) is 1. The molecule has 1 aromatic carbocycles. The number of nitrogens with zero attached hydrogens (tertiary/aromatic N) is 1. The summed E-state index contributed by atoms with van der Waals surface area (Å²) in [5.41, 5.74) is 1.37. The highest BCUT2D eigenvalue weighted by Crippen LogP contribution is 2.30. The van der Waals surface area contributed by atoms with E-state index in [4.69, 9.17) is 0 Å². The van der Waals surface area contributed by atoms with Crippen LogP contribution in [0.25, 0.3) is 10.9 Å². The Morgan fingerprint density at radius 2 is 2.00 bits per heavy atom. The summed E-state index contributed by atoms with van der Waals surface area (Å²) in [6, 6.07) is 8.45. The Balaban J connectivity index is 2.29. The molecule has 0 spiro atoms. The molecular formula is C15H17F3N2. The number of hydrogen-bond donors (Lipinski definition) is 1. The van der Waals surface area contributed by atoms with E-state index in [1.54, 1.807) is 6.07 Å². The highest BCUT2D eigenvalue weighted by atomic mass is 19.4. The largest absolute Gasteiger partial charge is 0.390 e. The highest BCUT2D eigenvalue weighted by molar-refractivity contribution is 5.78. The zero-order chi connectivity index (χ0) is 14.6. The first-order valence-electron chi connectivity index (χ1n) is 6.64. The fraction of sp³-hybridized carbons (Fsp3) is 0.400. The number of aromatic nitrogens is 1. The molecule has 0 fully saturated rings. The summed E-state index contributed by atoms with van der Waals surface area (Å²) in [7, 11) is 0. The molecule has 1 heterocycles. The van der Waals surface area contributed by atoms with E-state index in [9.17, 15) is 13.2 Å². The molecule has 0 bridgehead atoms. The second kappa shape index (κ2) is 6.22. The van der Waals surface area contributed by atoms with Crippen LogP contribution in [-0.2, 0) is 0 Å². The van der Waals surface area contributed by atoms with Gasteiger partial charge in [0.1, 0.15) is 0 Å². The standard InChI is InChI=1S/C15H17F3N2/c1-2-7-19-14(9-15(16,17)18)12-8-11-5-3-4-6-13(11)20-10-12/h3-6,8,10,14,19H,2,7,9H2,1H3. The molecule has 0 amide bonds. The van der Waals surface area contributed by atoms with Crippen molar-refractivity contribution in [3.63, 3.8) is 0 Å². The van der Waals surface area contributed by atoms with Crippen molar-refractivity contribution in [1.82, 2.24) is 10.3 Å². The van der Waals surface area contributed by atoms with Gasteiger partial charge in [-0.05, 0) is 30.7 Å². The number of alkyl halides is 3.